The van der Waals surface area contributed by atoms with Crippen LogP contribution in [0.25, 0.3) is 0 Å². The molecule has 0 bridgehead atoms. The van der Waals surface area contributed by atoms with Gasteiger partial charge in [-0.1, -0.05) is 0 Å². The van der Waals surface area contributed by atoms with Crippen molar-refractivity contribution >= 4 is 17.4 Å². The zero-order chi connectivity index (χ0) is 13.7. The highest BCUT2D eigenvalue weighted by Gasteiger charge is 2.06. The maximum Gasteiger partial charge on any atom is 0.315 e. The Hall–Kier alpha value is -2.02. The number of carbonyl (C=O) groups is 1. The molecule has 1 aromatic heterocycles. The van der Waals surface area contributed by atoms with Gasteiger partial charge in [-0.3, -0.25) is 0 Å². The number of amides is 2. The van der Waals surface area contributed by atoms with Gasteiger partial charge in [0.05, 0.1) is 6.54 Å². The van der Waals surface area contributed by atoms with Crippen molar-refractivity contribution < 1.29 is 13.6 Å². The van der Waals surface area contributed by atoms with E-state index in [1.54, 1.807) is 11.6 Å². The van der Waals surface area contributed by atoms with E-state index in [9.17, 15) is 13.6 Å². The Labute approximate surface area is 112 Å². The van der Waals surface area contributed by atoms with E-state index >= 15 is 0 Å². The molecule has 1 heterocycles. The van der Waals surface area contributed by atoms with E-state index in [1.807, 2.05) is 0 Å². The summed E-state index contributed by atoms with van der Waals surface area (Å²) < 4.78 is 26.2. The number of rotatable bonds is 4. The van der Waals surface area contributed by atoms with Crippen molar-refractivity contribution in [3.63, 3.8) is 0 Å². The van der Waals surface area contributed by atoms with Crippen LogP contribution in [0, 0.1) is 11.6 Å². The summed E-state index contributed by atoms with van der Waals surface area (Å²) in [6, 6.07) is 2.65. The van der Waals surface area contributed by atoms with Crippen LogP contribution in [0.1, 0.15) is 10.6 Å². The Morgan fingerprint density at radius 3 is 2.79 bits per heavy atom. The van der Waals surface area contributed by atoms with Crippen LogP contribution in [-0.4, -0.2) is 11.0 Å². The van der Waals surface area contributed by atoms with Crippen LogP contribution in [0.4, 0.5) is 13.6 Å². The molecular formula is C12H11F2N3OS. The van der Waals surface area contributed by atoms with Crippen LogP contribution in [0.15, 0.2) is 29.8 Å². The summed E-state index contributed by atoms with van der Waals surface area (Å²) in [7, 11) is 0. The van der Waals surface area contributed by atoms with Gasteiger partial charge in [-0.15, -0.1) is 11.3 Å². The van der Waals surface area contributed by atoms with Crippen LogP contribution in [-0.2, 0) is 13.1 Å². The number of benzene rings is 1. The Morgan fingerprint density at radius 1 is 1.26 bits per heavy atom. The molecule has 100 valence electrons. The van der Waals surface area contributed by atoms with Gasteiger partial charge in [-0.2, -0.15) is 0 Å². The van der Waals surface area contributed by atoms with Crippen molar-refractivity contribution in [1.82, 2.24) is 15.6 Å². The quantitative estimate of drug-likeness (QED) is 0.905. The number of nitrogens with one attached hydrogen (secondary N) is 2. The minimum Gasteiger partial charge on any atom is -0.334 e. The van der Waals surface area contributed by atoms with E-state index in [1.165, 1.54) is 11.3 Å². The topological polar surface area (TPSA) is 54.0 Å². The smallest absolute Gasteiger partial charge is 0.315 e. The zero-order valence-corrected chi connectivity index (χ0v) is 10.6. The molecule has 0 spiro atoms. The van der Waals surface area contributed by atoms with E-state index in [-0.39, 0.29) is 12.1 Å². The Bertz CT molecular complexity index is 560. The average molecular weight is 283 g/mol. The average Bonchev–Trinajstić information content (AvgIpc) is 2.90. The Morgan fingerprint density at radius 2 is 2.05 bits per heavy atom. The first kappa shape index (κ1) is 13.4. The lowest BCUT2D eigenvalue weighted by Gasteiger charge is -2.07. The summed E-state index contributed by atoms with van der Waals surface area (Å²) in [4.78, 5) is 15.4. The van der Waals surface area contributed by atoms with E-state index in [0.29, 0.717) is 6.54 Å². The van der Waals surface area contributed by atoms with Crippen molar-refractivity contribution in [1.29, 1.82) is 0 Å². The van der Waals surface area contributed by atoms with Gasteiger partial charge in [0.25, 0.3) is 0 Å². The summed E-state index contributed by atoms with van der Waals surface area (Å²) in [5.41, 5.74) is 0.101. The van der Waals surface area contributed by atoms with Crippen molar-refractivity contribution in [2.24, 2.45) is 0 Å². The number of nitrogens with zero attached hydrogens (tertiary/aromatic N) is 1. The van der Waals surface area contributed by atoms with E-state index in [0.717, 1.165) is 23.2 Å². The van der Waals surface area contributed by atoms with Crippen LogP contribution in [0.5, 0.6) is 0 Å². The molecule has 2 amide bonds. The van der Waals surface area contributed by atoms with Gasteiger partial charge in [0.2, 0.25) is 0 Å². The lowest BCUT2D eigenvalue weighted by atomic mass is 10.2. The minimum atomic E-state index is -0.554. The van der Waals surface area contributed by atoms with Gasteiger partial charge >= 0.3 is 6.03 Å². The fourth-order valence-electron chi connectivity index (χ4n) is 1.41. The summed E-state index contributed by atoms with van der Waals surface area (Å²) in [5.74, 6) is -1.09. The highest BCUT2D eigenvalue weighted by Crippen LogP contribution is 2.09. The Kier molecular flexibility index (Phi) is 4.40. The van der Waals surface area contributed by atoms with Gasteiger partial charge in [0.1, 0.15) is 16.6 Å². The summed E-state index contributed by atoms with van der Waals surface area (Å²) in [6.07, 6.45) is 1.64. The number of urea groups is 1. The van der Waals surface area contributed by atoms with Crippen molar-refractivity contribution in [3.8, 4) is 0 Å². The highest BCUT2D eigenvalue weighted by atomic mass is 32.1. The molecule has 0 aliphatic carbocycles. The van der Waals surface area contributed by atoms with Crippen LogP contribution < -0.4 is 10.6 Å². The molecule has 0 saturated heterocycles. The second-order valence-corrected chi connectivity index (χ2v) is 4.68. The molecule has 2 rings (SSSR count). The normalized spacial score (nSPS) is 10.2. The number of halogens is 2. The standard InChI is InChI=1S/C12H11F2N3OS/c13-9-1-2-10(14)8(5-9)6-16-12(18)17-7-11-15-3-4-19-11/h1-5H,6-7H2,(H2,16,17,18). The number of aromatic nitrogens is 1. The molecule has 0 unspecified atom stereocenters. The maximum absolute atomic E-state index is 13.3. The van der Waals surface area contributed by atoms with Crippen molar-refractivity contribution in [2.45, 2.75) is 13.1 Å². The lowest BCUT2D eigenvalue weighted by Crippen LogP contribution is -2.34. The summed E-state index contributed by atoms with van der Waals surface area (Å²) in [5, 5.41) is 7.59. The third-order valence-electron chi connectivity index (χ3n) is 2.33. The molecule has 0 saturated carbocycles. The summed E-state index contributed by atoms with van der Waals surface area (Å²) >= 11 is 1.42. The zero-order valence-electron chi connectivity index (χ0n) is 9.82. The molecule has 1 aromatic carbocycles. The molecule has 2 N–H and O–H groups in total. The molecule has 0 aliphatic rings. The third kappa shape index (κ3) is 3.99. The van der Waals surface area contributed by atoms with Crippen molar-refractivity contribution in [3.05, 3.63) is 52.0 Å². The number of hydrogen-bond donors (Lipinski definition) is 2. The molecule has 0 fully saturated rings. The Balaban J connectivity index is 1.81. The fourth-order valence-corrected chi connectivity index (χ4v) is 1.97. The predicted octanol–water partition coefficient (Wildman–Crippen LogP) is 2.42. The van der Waals surface area contributed by atoms with Gasteiger partial charge in [0.15, 0.2) is 0 Å². The van der Waals surface area contributed by atoms with Gasteiger partial charge in [0, 0.05) is 23.7 Å². The van der Waals surface area contributed by atoms with Gasteiger partial charge in [-0.25, -0.2) is 18.6 Å². The number of hydrogen-bond acceptors (Lipinski definition) is 3. The lowest BCUT2D eigenvalue weighted by molar-refractivity contribution is 0.240. The molecule has 7 heteroatoms. The molecule has 19 heavy (non-hydrogen) atoms. The predicted molar refractivity (Wildman–Crippen MR) is 67.5 cm³/mol. The van der Waals surface area contributed by atoms with Crippen LogP contribution >= 0.6 is 11.3 Å². The second-order valence-electron chi connectivity index (χ2n) is 3.70. The second kappa shape index (κ2) is 6.24. The van der Waals surface area contributed by atoms with Gasteiger partial charge in [-0.05, 0) is 18.2 Å². The molecule has 2 aromatic rings. The van der Waals surface area contributed by atoms with E-state index < -0.39 is 17.7 Å². The third-order valence-corrected chi connectivity index (χ3v) is 3.11. The first-order valence-electron chi connectivity index (χ1n) is 5.49. The fraction of sp³-hybridized carbons (Fsp3) is 0.167. The molecular weight excluding hydrogens is 272 g/mol. The first-order valence-corrected chi connectivity index (χ1v) is 6.37. The molecule has 0 atom stereocenters. The molecule has 4 nitrogen and oxygen atoms in total. The first-order chi connectivity index (χ1) is 9.15. The van der Waals surface area contributed by atoms with Crippen molar-refractivity contribution in [2.75, 3.05) is 0 Å². The SMILES string of the molecule is O=C(NCc1nccs1)NCc1cc(F)ccc1F. The van der Waals surface area contributed by atoms with Crippen LogP contribution in [0.2, 0.25) is 0 Å². The van der Waals surface area contributed by atoms with E-state index in [2.05, 4.69) is 15.6 Å². The monoisotopic (exact) mass is 283 g/mol. The van der Waals surface area contributed by atoms with E-state index in [4.69, 9.17) is 0 Å². The largest absolute Gasteiger partial charge is 0.334 e. The maximum atomic E-state index is 13.3. The highest BCUT2D eigenvalue weighted by molar-refractivity contribution is 7.09. The molecule has 0 aliphatic heterocycles. The summed E-state index contributed by atoms with van der Waals surface area (Å²) in [6.45, 7) is 0.225. The molecule has 0 radical (unpaired) electrons. The number of carbonyl (C=O) groups excluding carboxylic acids is 1. The number of thiazole rings is 1. The van der Waals surface area contributed by atoms with Gasteiger partial charge < -0.3 is 10.6 Å². The minimum absolute atomic E-state index is 0.0761. The van der Waals surface area contributed by atoms with Crippen LogP contribution in [0.3, 0.4) is 0 Å².